The van der Waals surface area contributed by atoms with Crippen LogP contribution in [0, 0.1) is 5.41 Å². The average Bonchev–Trinajstić information content (AvgIpc) is 3.22. The van der Waals surface area contributed by atoms with Crippen molar-refractivity contribution in [2.45, 2.75) is 44.3 Å². The Morgan fingerprint density at radius 2 is 1.79 bits per heavy atom. The van der Waals surface area contributed by atoms with Crippen LogP contribution in [-0.2, 0) is 9.59 Å². The standard InChI is InChI=1S/C25H29N3O3S2/c1-16(33-18-12-10-17(11-13-18)26-22(29)14-25(2,3)4)23(30)28-24-27-20(15-32-24)19-8-6-7-9-21(19)31-5/h6-13,15-16H,14H2,1-5H3,(H,26,29)(H,27,28,30). The summed E-state index contributed by atoms with van der Waals surface area (Å²) in [6.45, 7) is 7.95. The first-order valence-corrected chi connectivity index (χ1v) is 12.4. The molecular weight excluding hydrogens is 454 g/mol. The van der Waals surface area contributed by atoms with Gasteiger partial charge in [0.15, 0.2) is 5.13 Å². The van der Waals surface area contributed by atoms with E-state index in [0.29, 0.717) is 11.6 Å². The molecule has 174 valence electrons. The van der Waals surface area contributed by atoms with Crippen LogP contribution >= 0.6 is 23.1 Å². The van der Waals surface area contributed by atoms with Crippen LogP contribution in [0.3, 0.4) is 0 Å². The Bertz CT molecular complexity index is 1100. The van der Waals surface area contributed by atoms with Crippen LogP contribution in [0.5, 0.6) is 5.75 Å². The number of carbonyl (C=O) groups excluding carboxylic acids is 2. The number of ether oxygens (including phenoxy) is 1. The van der Waals surface area contributed by atoms with Crippen LogP contribution in [0.1, 0.15) is 34.1 Å². The van der Waals surface area contributed by atoms with Crippen LogP contribution in [0.4, 0.5) is 10.8 Å². The fourth-order valence-electron chi connectivity index (χ4n) is 3.08. The lowest BCUT2D eigenvalue weighted by Gasteiger charge is -2.17. The summed E-state index contributed by atoms with van der Waals surface area (Å²) in [7, 11) is 1.62. The van der Waals surface area contributed by atoms with Crippen molar-refractivity contribution in [2.24, 2.45) is 5.41 Å². The van der Waals surface area contributed by atoms with Crippen molar-refractivity contribution >= 4 is 45.7 Å². The molecule has 2 aromatic carbocycles. The van der Waals surface area contributed by atoms with Crippen molar-refractivity contribution in [1.82, 2.24) is 4.98 Å². The first-order valence-electron chi connectivity index (χ1n) is 10.6. The minimum absolute atomic E-state index is 0.00779. The number of methoxy groups -OCH3 is 1. The van der Waals surface area contributed by atoms with E-state index in [4.69, 9.17) is 4.74 Å². The molecule has 0 bridgehead atoms. The van der Waals surface area contributed by atoms with Gasteiger partial charge in [0, 0.05) is 27.9 Å². The molecule has 2 N–H and O–H groups in total. The summed E-state index contributed by atoms with van der Waals surface area (Å²) < 4.78 is 5.40. The molecule has 1 aromatic heterocycles. The topological polar surface area (TPSA) is 80.3 Å². The Morgan fingerprint density at radius 3 is 2.45 bits per heavy atom. The number of nitrogens with zero attached hydrogens (tertiary/aromatic N) is 1. The van der Waals surface area contributed by atoms with Gasteiger partial charge in [-0.25, -0.2) is 4.98 Å². The van der Waals surface area contributed by atoms with Crippen molar-refractivity contribution in [3.05, 3.63) is 53.9 Å². The zero-order valence-electron chi connectivity index (χ0n) is 19.5. The van der Waals surface area contributed by atoms with Gasteiger partial charge in [-0.3, -0.25) is 9.59 Å². The third-order valence-corrected chi connectivity index (χ3v) is 6.50. The molecule has 1 unspecified atom stereocenters. The molecule has 6 nitrogen and oxygen atoms in total. The fraction of sp³-hybridized carbons (Fsp3) is 0.320. The van der Waals surface area contributed by atoms with Gasteiger partial charge >= 0.3 is 0 Å². The third-order valence-electron chi connectivity index (χ3n) is 4.63. The van der Waals surface area contributed by atoms with Gasteiger partial charge in [-0.2, -0.15) is 0 Å². The predicted octanol–water partition coefficient (Wildman–Crippen LogP) is 6.31. The van der Waals surface area contributed by atoms with Crippen LogP contribution in [-0.4, -0.2) is 29.2 Å². The molecule has 33 heavy (non-hydrogen) atoms. The number of thiazole rings is 1. The molecule has 0 aliphatic heterocycles. The van der Waals surface area contributed by atoms with Gasteiger partial charge < -0.3 is 15.4 Å². The SMILES string of the molecule is COc1ccccc1-c1csc(NC(=O)C(C)Sc2ccc(NC(=O)CC(C)(C)C)cc2)n1. The molecule has 0 spiro atoms. The second-order valence-electron chi connectivity index (χ2n) is 8.80. The summed E-state index contributed by atoms with van der Waals surface area (Å²) in [5.74, 6) is 0.609. The van der Waals surface area contributed by atoms with E-state index in [2.05, 4.69) is 15.6 Å². The average molecular weight is 484 g/mol. The maximum Gasteiger partial charge on any atom is 0.239 e. The summed E-state index contributed by atoms with van der Waals surface area (Å²) in [6, 6.07) is 15.2. The van der Waals surface area contributed by atoms with E-state index in [0.717, 1.165) is 27.6 Å². The van der Waals surface area contributed by atoms with E-state index >= 15 is 0 Å². The Kier molecular flexibility index (Phi) is 8.15. The molecule has 0 saturated heterocycles. The van der Waals surface area contributed by atoms with Gasteiger partial charge in [0.2, 0.25) is 11.8 Å². The highest BCUT2D eigenvalue weighted by Gasteiger charge is 2.18. The van der Waals surface area contributed by atoms with Crippen LogP contribution in [0.2, 0.25) is 0 Å². The smallest absolute Gasteiger partial charge is 0.239 e. The first-order chi connectivity index (χ1) is 15.6. The van der Waals surface area contributed by atoms with Gasteiger partial charge in [-0.1, -0.05) is 32.9 Å². The molecule has 3 aromatic rings. The van der Waals surface area contributed by atoms with E-state index in [9.17, 15) is 9.59 Å². The van der Waals surface area contributed by atoms with Gasteiger partial charge in [0.25, 0.3) is 0 Å². The summed E-state index contributed by atoms with van der Waals surface area (Å²) >= 11 is 2.83. The summed E-state index contributed by atoms with van der Waals surface area (Å²) in [4.78, 5) is 30.3. The lowest BCUT2D eigenvalue weighted by molar-refractivity contribution is -0.118. The maximum absolute atomic E-state index is 12.7. The number of aromatic nitrogens is 1. The van der Waals surface area contributed by atoms with Crippen LogP contribution in [0.15, 0.2) is 58.8 Å². The van der Waals surface area contributed by atoms with Crippen molar-refractivity contribution in [3.8, 4) is 17.0 Å². The van der Waals surface area contributed by atoms with Gasteiger partial charge in [0.05, 0.1) is 18.1 Å². The Morgan fingerprint density at radius 1 is 1.09 bits per heavy atom. The van der Waals surface area contributed by atoms with Gasteiger partial charge in [0.1, 0.15) is 5.75 Å². The number of thioether (sulfide) groups is 1. The van der Waals surface area contributed by atoms with Gasteiger partial charge in [-0.05, 0) is 48.7 Å². The molecule has 0 aliphatic rings. The van der Waals surface area contributed by atoms with E-state index in [-0.39, 0.29) is 22.5 Å². The number of anilines is 2. The number of amides is 2. The monoisotopic (exact) mass is 483 g/mol. The molecule has 2 amide bonds. The van der Waals surface area contributed by atoms with E-state index in [1.807, 2.05) is 81.6 Å². The fourth-order valence-corrected chi connectivity index (χ4v) is 4.66. The quantitative estimate of drug-likeness (QED) is 0.367. The highest BCUT2D eigenvalue weighted by molar-refractivity contribution is 8.00. The number of nitrogens with one attached hydrogen (secondary N) is 2. The predicted molar refractivity (Wildman–Crippen MR) is 137 cm³/mol. The molecule has 8 heteroatoms. The van der Waals surface area contributed by atoms with E-state index in [1.54, 1.807) is 7.11 Å². The first kappa shape index (κ1) is 24.8. The highest BCUT2D eigenvalue weighted by atomic mass is 32.2. The van der Waals surface area contributed by atoms with Crippen molar-refractivity contribution < 1.29 is 14.3 Å². The van der Waals surface area contributed by atoms with E-state index < -0.39 is 0 Å². The zero-order chi connectivity index (χ0) is 24.0. The molecule has 1 atom stereocenters. The minimum atomic E-state index is -0.315. The number of hydrogen-bond donors (Lipinski definition) is 2. The second kappa shape index (κ2) is 10.9. The summed E-state index contributed by atoms with van der Waals surface area (Å²) in [5, 5.41) is 7.95. The number of benzene rings is 2. The normalized spacial score (nSPS) is 12.2. The number of hydrogen-bond acceptors (Lipinski definition) is 6. The summed E-state index contributed by atoms with van der Waals surface area (Å²) in [6.07, 6.45) is 0.455. The molecule has 0 saturated carbocycles. The van der Waals surface area contributed by atoms with Gasteiger partial charge in [-0.15, -0.1) is 23.1 Å². The highest BCUT2D eigenvalue weighted by Crippen LogP contribution is 2.32. The molecular formula is C25H29N3O3S2. The largest absolute Gasteiger partial charge is 0.496 e. The lowest BCUT2D eigenvalue weighted by atomic mass is 9.92. The Hall–Kier alpha value is -2.84. The van der Waals surface area contributed by atoms with Crippen molar-refractivity contribution in [2.75, 3.05) is 17.7 Å². The van der Waals surface area contributed by atoms with Crippen molar-refractivity contribution in [3.63, 3.8) is 0 Å². The molecule has 0 aliphatic carbocycles. The van der Waals surface area contributed by atoms with Crippen molar-refractivity contribution in [1.29, 1.82) is 0 Å². The molecule has 0 radical (unpaired) electrons. The maximum atomic E-state index is 12.7. The zero-order valence-corrected chi connectivity index (χ0v) is 21.1. The minimum Gasteiger partial charge on any atom is -0.496 e. The van der Waals surface area contributed by atoms with Crippen LogP contribution in [0.25, 0.3) is 11.3 Å². The molecule has 1 heterocycles. The lowest BCUT2D eigenvalue weighted by Crippen LogP contribution is -2.22. The molecule has 0 fully saturated rings. The number of para-hydroxylation sites is 1. The molecule has 3 rings (SSSR count). The number of rotatable bonds is 8. The summed E-state index contributed by atoms with van der Waals surface area (Å²) in [5.41, 5.74) is 2.33. The third kappa shape index (κ3) is 7.33. The number of carbonyl (C=O) groups is 2. The Labute approximate surface area is 203 Å². The van der Waals surface area contributed by atoms with E-state index in [1.165, 1.54) is 23.1 Å². The second-order valence-corrected chi connectivity index (χ2v) is 11.1. The Balaban J connectivity index is 1.56. The van der Waals surface area contributed by atoms with Crippen LogP contribution < -0.4 is 15.4 Å².